The van der Waals surface area contributed by atoms with Crippen molar-refractivity contribution >= 4 is 41.5 Å². The molecule has 180 valence electrons. The van der Waals surface area contributed by atoms with Gasteiger partial charge in [0.1, 0.15) is 6.54 Å². The Kier molecular flexibility index (Phi) is 11.4. The first kappa shape index (κ1) is 26.9. The van der Waals surface area contributed by atoms with Crippen LogP contribution in [0.1, 0.15) is 44.0 Å². The molecule has 33 heavy (non-hydrogen) atoms. The normalized spacial score (nSPS) is 14.4. The fourth-order valence-electron chi connectivity index (χ4n) is 3.79. The molecule has 7 nitrogen and oxygen atoms in total. The maximum Gasteiger partial charge on any atom is 0.244 e. The van der Waals surface area contributed by atoms with E-state index in [4.69, 9.17) is 0 Å². The van der Waals surface area contributed by atoms with Crippen LogP contribution in [0.3, 0.4) is 0 Å². The third-order valence-electron chi connectivity index (χ3n) is 5.77. The summed E-state index contributed by atoms with van der Waals surface area (Å²) < 4.78 is 0. The van der Waals surface area contributed by atoms with E-state index in [0.29, 0.717) is 12.5 Å². The van der Waals surface area contributed by atoms with E-state index in [0.717, 1.165) is 31.7 Å². The highest BCUT2D eigenvalue weighted by Gasteiger charge is 2.15. The topological polar surface area (TPSA) is 72.9 Å². The molecule has 1 saturated heterocycles. The predicted octanol–water partition coefficient (Wildman–Crippen LogP) is 3.62. The number of nitrogens with one attached hydrogen (secondary N) is 2. The van der Waals surface area contributed by atoms with Crippen LogP contribution in [-0.2, 0) is 11.2 Å². The Balaban J connectivity index is 0.00000385. The standard InChI is InChI=1S/C25H36N6O.HI/c1-4-26-25(28-19-24(32)30(3)17-13-22-11-5-6-14-27-22)29-20(2)21-10-9-12-23(18-21)31-15-7-8-16-31;/h5-6,9-12,14,18,20H,4,7-8,13,15-17,19H2,1-3H3,(H2,26,28,29);1H. The van der Waals surface area contributed by atoms with Gasteiger partial charge in [0.2, 0.25) is 5.91 Å². The molecule has 1 atom stereocenters. The Bertz CT molecular complexity index is 885. The van der Waals surface area contributed by atoms with Gasteiger partial charge in [0.05, 0.1) is 6.04 Å². The summed E-state index contributed by atoms with van der Waals surface area (Å²) in [5.41, 5.74) is 3.47. The fourth-order valence-corrected chi connectivity index (χ4v) is 3.79. The number of amides is 1. The number of likely N-dealkylation sites (N-methyl/N-ethyl adjacent to an activating group) is 1. The Hall–Kier alpha value is -2.36. The van der Waals surface area contributed by atoms with Crippen LogP contribution in [0.4, 0.5) is 5.69 Å². The summed E-state index contributed by atoms with van der Waals surface area (Å²) >= 11 is 0. The number of rotatable bonds is 9. The van der Waals surface area contributed by atoms with Crippen LogP contribution in [-0.4, -0.2) is 61.5 Å². The van der Waals surface area contributed by atoms with Crippen LogP contribution in [0.2, 0.25) is 0 Å². The van der Waals surface area contributed by atoms with Crippen molar-refractivity contribution in [2.45, 2.75) is 39.2 Å². The van der Waals surface area contributed by atoms with E-state index >= 15 is 0 Å². The summed E-state index contributed by atoms with van der Waals surface area (Å²) in [5.74, 6) is 0.639. The van der Waals surface area contributed by atoms with Crippen LogP contribution in [0.15, 0.2) is 53.7 Å². The minimum absolute atomic E-state index is 0. The lowest BCUT2D eigenvalue weighted by Gasteiger charge is -2.22. The van der Waals surface area contributed by atoms with Gasteiger partial charge in [-0.05, 0) is 56.5 Å². The Morgan fingerprint density at radius 2 is 2.00 bits per heavy atom. The minimum Gasteiger partial charge on any atom is -0.372 e. The van der Waals surface area contributed by atoms with Gasteiger partial charge in [-0.25, -0.2) is 4.99 Å². The first-order valence-electron chi connectivity index (χ1n) is 11.6. The van der Waals surface area contributed by atoms with E-state index in [1.165, 1.54) is 24.1 Å². The third kappa shape index (κ3) is 8.49. The fraction of sp³-hybridized carbons (Fsp3) is 0.480. The van der Waals surface area contributed by atoms with Crippen molar-refractivity contribution in [1.82, 2.24) is 20.5 Å². The molecule has 0 saturated carbocycles. The van der Waals surface area contributed by atoms with Crippen molar-refractivity contribution in [2.24, 2.45) is 4.99 Å². The molecule has 1 aliphatic rings. The first-order valence-corrected chi connectivity index (χ1v) is 11.6. The quantitative estimate of drug-likeness (QED) is 0.277. The molecule has 2 aromatic rings. The third-order valence-corrected chi connectivity index (χ3v) is 5.77. The summed E-state index contributed by atoms with van der Waals surface area (Å²) in [5, 5.41) is 6.70. The van der Waals surface area contributed by atoms with E-state index < -0.39 is 0 Å². The average molecular weight is 565 g/mol. The monoisotopic (exact) mass is 564 g/mol. The van der Waals surface area contributed by atoms with Crippen molar-refractivity contribution < 1.29 is 4.79 Å². The molecular weight excluding hydrogens is 527 g/mol. The van der Waals surface area contributed by atoms with Crippen LogP contribution in [0.25, 0.3) is 0 Å². The molecule has 1 fully saturated rings. The highest BCUT2D eigenvalue weighted by molar-refractivity contribution is 14.0. The maximum absolute atomic E-state index is 12.6. The number of nitrogens with zero attached hydrogens (tertiary/aromatic N) is 4. The van der Waals surface area contributed by atoms with Gasteiger partial charge in [-0.1, -0.05) is 18.2 Å². The summed E-state index contributed by atoms with van der Waals surface area (Å²) in [4.78, 5) is 25.6. The molecule has 2 heterocycles. The summed E-state index contributed by atoms with van der Waals surface area (Å²) in [6, 6.07) is 14.6. The number of carbonyl (C=O) groups is 1. The summed E-state index contributed by atoms with van der Waals surface area (Å²) in [7, 11) is 1.81. The van der Waals surface area contributed by atoms with Gasteiger partial charge in [-0.2, -0.15) is 0 Å². The smallest absolute Gasteiger partial charge is 0.244 e. The number of hydrogen-bond donors (Lipinski definition) is 2. The van der Waals surface area contributed by atoms with Gasteiger partial charge in [-0.3, -0.25) is 9.78 Å². The van der Waals surface area contributed by atoms with Gasteiger partial charge < -0.3 is 20.4 Å². The van der Waals surface area contributed by atoms with Crippen molar-refractivity contribution in [3.05, 3.63) is 59.9 Å². The first-order chi connectivity index (χ1) is 15.6. The number of aromatic nitrogens is 1. The average Bonchev–Trinajstić information content (AvgIpc) is 3.37. The predicted molar refractivity (Wildman–Crippen MR) is 146 cm³/mol. The summed E-state index contributed by atoms with van der Waals surface area (Å²) in [6.45, 7) is 7.86. The van der Waals surface area contributed by atoms with E-state index in [2.05, 4.69) is 56.7 Å². The largest absolute Gasteiger partial charge is 0.372 e. The van der Waals surface area contributed by atoms with Crippen molar-refractivity contribution in [1.29, 1.82) is 0 Å². The number of hydrogen-bond acceptors (Lipinski definition) is 4. The molecule has 3 rings (SSSR count). The lowest BCUT2D eigenvalue weighted by molar-refractivity contribution is -0.128. The second-order valence-corrected chi connectivity index (χ2v) is 8.24. The molecule has 2 N–H and O–H groups in total. The molecular formula is C25H37IN6O. The van der Waals surface area contributed by atoms with Crippen LogP contribution < -0.4 is 15.5 Å². The molecule has 0 bridgehead atoms. The number of benzene rings is 1. The van der Waals surface area contributed by atoms with Crippen LogP contribution in [0, 0.1) is 0 Å². The second kappa shape index (κ2) is 14.0. The zero-order valence-electron chi connectivity index (χ0n) is 20.0. The van der Waals surface area contributed by atoms with Crippen LogP contribution in [0.5, 0.6) is 0 Å². The van der Waals surface area contributed by atoms with Crippen LogP contribution >= 0.6 is 24.0 Å². The maximum atomic E-state index is 12.6. The van der Waals surface area contributed by atoms with E-state index in [-0.39, 0.29) is 42.5 Å². The zero-order chi connectivity index (χ0) is 22.8. The lowest BCUT2D eigenvalue weighted by Crippen LogP contribution is -2.40. The van der Waals surface area contributed by atoms with Crippen molar-refractivity contribution in [3.63, 3.8) is 0 Å². The van der Waals surface area contributed by atoms with Crippen molar-refractivity contribution in [3.8, 4) is 0 Å². The van der Waals surface area contributed by atoms with Gasteiger partial charge in [0.15, 0.2) is 5.96 Å². The van der Waals surface area contributed by atoms with E-state index in [1.807, 2.05) is 32.2 Å². The number of anilines is 1. The number of carbonyl (C=O) groups excluding carboxylic acids is 1. The zero-order valence-corrected chi connectivity index (χ0v) is 22.3. The molecule has 1 amide bonds. The lowest BCUT2D eigenvalue weighted by atomic mass is 10.1. The molecule has 1 aromatic carbocycles. The Labute approximate surface area is 215 Å². The SMILES string of the molecule is CCNC(=NCC(=O)N(C)CCc1ccccn1)NC(C)c1cccc(N2CCCC2)c1.I. The minimum atomic E-state index is -0.0122. The molecule has 0 aliphatic carbocycles. The van der Waals surface area contributed by atoms with E-state index in [9.17, 15) is 4.79 Å². The number of pyridine rings is 1. The Morgan fingerprint density at radius 1 is 1.21 bits per heavy atom. The number of aliphatic imine (C=N–C) groups is 1. The van der Waals surface area contributed by atoms with Gasteiger partial charge in [0, 0.05) is 57.2 Å². The molecule has 8 heteroatoms. The second-order valence-electron chi connectivity index (χ2n) is 8.24. The molecule has 1 aliphatic heterocycles. The highest BCUT2D eigenvalue weighted by Crippen LogP contribution is 2.23. The Morgan fingerprint density at radius 3 is 2.70 bits per heavy atom. The number of guanidine groups is 1. The van der Waals surface area contributed by atoms with Gasteiger partial charge >= 0.3 is 0 Å². The highest BCUT2D eigenvalue weighted by atomic mass is 127. The van der Waals surface area contributed by atoms with E-state index in [1.54, 1.807) is 11.1 Å². The molecule has 1 aromatic heterocycles. The molecule has 0 spiro atoms. The molecule has 1 unspecified atom stereocenters. The summed E-state index contributed by atoms with van der Waals surface area (Å²) in [6.07, 6.45) is 5.03. The van der Waals surface area contributed by atoms with Crippen molar-refractivity contribution in [2.75, 3.05) is 44.7 Å². The van der Waals surface area contributed by atoms with Gasteiger partial charge in [0.25, 0.3) is 0 Å². The van der Waals surface area contributed by atoms with Gasteiger partial charge in [-0.15, -0.1) is 24.0 Å². The molecule has 0 radical (unpaired) electrons. The number of halogens is 1.